The van der Waals surface area contributed by atoms with E-state index in [1.165, 1.54) is 0 Å². The molecule has 0 radical (unpaired) electrons. The minimum Gasteiger partial charge on any atom is -0.483 e. The van der Waals surface area contributed by atoms with Crippen LogP contribution in [0.1, 0.15) is 33.2 Å². The van der Waals surface area contributed by atoms with E-state index in [0.29, 0.717) is 37.4 Å². The van der Waals surface area contributed by atoms with E-state index in [0.717, 1.165) is 11.1 Å². The van der Waals surface area contributed by atoms with Crippen molar-refractivity contribution in [3.05, 3.63) is 99.5 Å². The predicted molar refractivity (Wildman–Crippen MR) is 135 cm³/mol. The van der Waals surface area contributed by atoms with Crippen molar-refractivity contribution in [3.8, 4) is 5.75 Å². The van der Waals surface area contributed by atoms with Crippen molar-refractivity contribution < 1.29 is 14.3 Å². The summed E-state index contributed by atoms with van der Waals surface area (Å²) in [6, 6.07) is 19.5. The first-order valence-corrected chi connectivity index (χ1v) is 11.9. The van der Waals surface area contributed by atoms with Crippen LogP contribution < -0.4 is 10.2 Å². The lowest BCUT2D eigenvalue weighted by Crippen LogP contribution is -2.47. The van der Waals surface area contributed by atoms with E-state index in [9.17, 15) is 9.59 Å². The lowest BCUT2D eigenvalue weighted by Gasteiger charge is -2.37. The summed E-state index contributed by atoms with van der Waals surface area (Å²) in [6.45, 7) is 1.66. The van der Waals surface area contributed by atoms with Crippen molar-refractivity contribution in [2.75, 3.05) is 33.4 Å². The fourth-order valence-corrected chi connectivity index (χ4v) is 4.55. The molecule has 3 heterocycles. The smallest absolute Gasteiger partial charge is 0.274 e. The molecule has 184 valence electrons. The van der Waals surface area contributed by atoms with Crippen molar-refractivity contribution in [2.24, 2.45) is 15.4 Å². The minimum absolute atomic E-state index is 0.0242. The molecule has 0 N–H and O–H groups in total. The molecule has 0 fully saturated rings. The molecule has 1 atom stereocenters. The number of rotatable bonds is 9. The van der Waals surface area contributed by atoms with Gasteiger partial charge in [-0.15, -0.1) is 5.10 Å². The quantitative estimate of drug-likeness (QED) is 0.463. The van der Waals surface area contributed by atoms with Gasteiger partial charge in [0, 0.05) is 26.4 Å². The molecule has 0 unspecified atom stereocenters. The molecule has 0 bridgehead atoms. The number of ether oxygens (including phenoxy) is 2. The van der Waals surface area contributed by atoms with E-state index in [4.69, 9.17) is 9.47 Å². The van der Waals surface area contributed by atoms with Gasteiger partial charge in [0.1, 0.15) is 18.9 Å². The van der Waals surface area contributed by atoms with Crippen LogP contribution in [0.4, 0.5) is 0 Å². The highest BCUT2D eigenvalue weighted by molar-refractivity contribution is 6.04. The molecule has 9 heteroatoms. The Labute approximate surface area is 208 Å². The van der Waals surface area contributed by atoms with E-state index in [1.54, 1.807) is 18.2 Å². The third-order valence-electron chi connectivity index (χ3n) is 6.37. The van der Waals surface area contributed by atoms with Gasteiger partial charge in [0.2, 0.25) is 5.43 Å². The highest BCUT2D eigenvalue weighted by atomic mass is 16.5. The van der Waals surface area contributed by atoms with Crippen LogP contribution in [0.25, 0.3) is 0 Å². The Morgan fingerprint density at radius 1 is 1.00 bits per heavy atom. The van der Waals surface area contributed by atoms with Gasteiger partial charge in [-0.2, -0.15) is 5.11 Å². The van der Waals surface area contributed by atoms with E-state index < -0.39 is 0 Å². The fourth-order valence-electron chi connectivity index (χ4n) is 4.55. The molecule has 2 aliphatic heterocycles. The van der Waals surface area contributed by atoms with Gasteiger partial charge in [-0.3, -0.25) is 9.59 Å². The van der Waals surface area contributed by atoms with Gasteiger partial charge in [0.25, 0.3) is 5.91 Å². The highest BCUT2D eigenvalue weighted by Gasteiger charge is 2.36. The second-order valence-corrected chi connectivity index (χ2v) is 8.75. The summed E-state index contributed by atoms with van der Waals surface area (Å²) in [5, 5.41) is 11.7. The number of aromatic nitrogens is 1. The van der Waals surface area contributed by atoms with Gasteiger partial charge < -0.3 is 18.9 Å². The summed E-state index contributed by atoms with van der Waals surface area (Å²) in [7, 11) is 1.60. The largest absolute Gasteiger partial charge is 0.483 e. The van der Waals surface area contributed by atoms with Gasteiger partial charge in [-0.05, 0) is 22.8 Å². The maximum absolute atomic E-state index is 13.7. The summed E-state index contributed by atoms with van der Waals surface area (Å²) in [5.74, 6) is -0.234. The molecule has 9 nitrogen and oxygen atoms in total. The van der Waals surface area contributed by atoms with Crippen molar-refractivity contribution in [3.63, 3.8) is 0 Å². The van der Waals surface area contributed by atoms with Crippen molar-refractivity contribution in [1.82, 2.24) is 9.47 Å². The summed E-state index contributed by atoms with van der Waals surface area (Å²) in [5.41, 5.74) is 2.70. The van der Waals surface area contributed by atoms with E-state index in [1.807, 2.05) is 53.1 Å². The summed E-state index contributed by atoms with van der Waals surface area (Å²) in [6.07, 6.45) is 2.40. The Morgan fingerprint density at radius 2 is 1.72 bits per heavy atom. The minimum atomic E-state index is -0.386. The molecule has 5 rings (SSSR count). The van der Waals surface area contributed by atoms with Gasteiger partial charge in [-0.1, -0.05) is 60.7 Å². The third-order valence-corrected chi connectivity index (χ3v) is 6.37. The average molecular weight is 486 g/mol. The van der Waals surface area contributed by atoms with E-state index in [-0.39, 0.29) is 42.0 Å². The zero-order valence-corrected chi connectivity index (χ0v) is 20.0. The number of amides is 1. The molecular weight excluding hydrogens is 458 g/mol. The number of carbonyl (C=O) groups excluding carboxylic acids is 1. The van der Waals surface area contributed by atoms with Crippen LogP contribution in [-0.2, 0) is 17.8 Å². The summed E-state index contributed by atoms with van der Waals surface area (Å²) in [4.78, 5) is 29.1. The Hall–Kier alpha value is -4.11. The molecular formula is C27H27N5O4. The number of fused-ring (bicyclic) bond motifs is 1. The summed E-state index contributed by atoms with van der Waals surface area (Å²) >= 11 is 0. The van der Waals surface area contributed by atoms with Gasteiger partial charge in [0.15, 0.2) is 11.4 Å². The maximum Gasteiger partial charge on any atom is 0.274 e. The Balaban J connectivity index is 1.62. The molecule has 0 spiro atoms. The molecule has 2 aliphatic rings. The molecule has 3 aromatic rings. The van der Waals surface area contributed by atoms with Crippen LogP contribution in [0, 0.1) is 0 Å². The van der Waals surface area contributed by atoms with Crippen LogP contribution in [0.2, 0.25) is 0 Å². The molecule has 1 aromatic heterocycles. The van der Waals surface area contributed by atoms with Gasteiger partial charge in [-0.25, -0.2) is 0 Å². The standard InChI is InChI=1S/C27H27N5O4/c1-35-13-12-31-16-21(14-19-8-4-2-5-9-19)32-17-22(23-15-28-30-29-23)25(33)26(24(32)27(31)34)36-18-20-10-6-3-7-11-20/h2-11,17,21H,12-16,18H2,1H3/t21-/m0/s1. The lowest BCUT2D eigenvalue weighted by molar-refractivity contribution is 0.0589. The van der Waals surface area contributed by atoms with Gasteiger partial charge in [0.05, 0.1) is 18.2 Å². The molecule has 2 aromatic carbocycles. The Kier molecular flexibility index (Phi) is 6.99. The molecule has 36 heavy (non-hydrogen) atoms. The maximum atomic E-state index is 13.7. The van der Waals surface area contributed by atoms with Crippen molar-refractivity contribution in [1.29, 1.82) is 0 Å². The monoisotopic (exact) mass is 485 g/mol. The van der Waals surface area contributed by atoms with Crippen LogP contribution in [0.3, 0.4) is 0 Å². The van der Waals surface area contributed by atoms with Crippen LogP contribution in [0.15, 0.2) is 87.1 Å². The topological polar surface area (TPSA) is 97.8 Å². The number of hydrogen-bond acceptors (Lipinski definition) is 7. The summed E-state index contributed by atoms with van der Waals surface area (Å²) < 4.78 is 13.3. The zero-order chi connectivity index (χ0) is 24.9. The first-order chi connectivity index (χ1) is 17.7. The molecule has 0 saturated carbocycles. The first kappa shape index (κ1) is 23.6. The second kappa shape index (κ2) is 10.7. The second-order valence-electron chi connectivity index (χ2n) is 8.75. The first-order valence-electron chi connectivity index (χ1n) is 11.9. The number of benzene rings is 2. The lowest BCUT2D eigenvalue weighted by atomic mass is 10.00. The molecule has 0 aliphatic carbocycles. The van der Waals surface area contributed by atoms with Crippen LogP contribution >= 0.6 is 0 Å². The fraction of sp³-hybridized carbons (Fsp3) is 0.296. The predicted octanol–water partition coefficient (Wildman–Crippen LogP) is 3.48. The zero-order valence-electron chi connectivity index (χ0n) is 20.0. The third kappa shape index (κ3) is 4.83. The number of carbonyl (C=O) groups is 1. The molecule has 0 saturated heterocycles. The van der Waals surface area contributed by atoms with Crippen molar-refractivity contribution in [2.45, 2.75) is 19.1 Å². The van der Waals surface area contributed by atoms with Crippen LogP contribution in [-0.4, -0.2) is 54.4 Å². The number of pyridine rings is 1. The normalized spacial score (nSPS) is 16.7. The number of nitrogens with zero attached hydrogens (tertiary/aromatic N) is 5. The van der Waals surface area contributed by atoms with Crippen LogP contribution in [0.5, 0.6) is 5.75 Å². The Bertz CT molecular complexity index is 1350. The number of hydrogen-bond donors (Lipinski definition) is 0. The number of methoxy groups -OCH3 is 1. The van der Waals surface area contributed by atoms with E-state index >= 15 is 0 Å². The SMILES string of the molecule is COCCN1C[C@H](Cc2ccccc2)n2cc(C3=NN=NC3)c(=O)c(OCc3ccccc3)c2C1=O. The average Bonchev–Trinajstić information content (AvgIpc) is 3.45. The molecule has 1 amide bonds. The van der Waals surface area contributed by atoms with E-state index in [2.05, 4.69) is 27.6 Å². The van der Waals surface area contributed by atoms with Gasteiger partial charge >= 0.3 is 0 Å². The van der Waals surface area contributed by atoms with Crippen molar-refractivity contribution >= 4 is 11.6 Å². The highest BCUT2D eigenvalue weighted by Crippen LogP contribution is 2.30. The Morgan fingerprint density at radius 3 is 2.39 bits per heavy atom.